The van der Waals surface area contributed by atoms with Gasteiger partial charge in [-0.3, -0.25) is 9.59 Å². The fraction of sp³-hybridized carbons (Fsp3) is 0.391. The van der Waals surface area contributed by atoms with E-state index < -0.39 is 5.91 Å². The molecule has 1 aromatic carbocycles. The van der Waals surface area contributed by atoms with E-state index in [1.54, 1.807) is 12.1 Å². The minimum Gasteiger partial charge on any atom is -0.365 e. The Labute approximate surface area is 181 Å². The topological polar surface area (TPSA) is 72.2 Å². The van der Waals surface area contributed by atoms with Gasteiger partial charge in [0.1, 0.15) is 5.00 Å². The van der Waals surface area contributed by atoms with Crippen LogP contribution in [0.2, 0.25) is 5.02 Å². The third-order valence-electron chi connectivity index (χ3n) is 6.08. The summed E-state index contributed by atoms with van der Waals surface area (Å²) in [6.07, 6.45) is 6.97. The lowest BCUT2D eigenvalue weighted by Crippen LogP contribution is -2.29. The smallest absolute Gasteiger partial charge is 0.251 e. The van der Waals surface area contributed by atoms with Gasteiger partial charge in [-0.15, -0.1) is 11.3 Å². The van der Waals surface area contributed by atoms with Gasteiger partial charge in [-0.2, -0.15) is 0 Å². The van der Waals surface area contributed by atoms with Crippen LogP contribution in [0.5, 0.6) is 0 Å². The molecule has 3 N–H and O–H groups in total. The minimum absolute atomic E-state index is 0.246. The highest BCUT2D eigenvalue weighted by atomic mass is 35.5. The molecule has 1 atom stereocenters. The van der Waals surface area contributed by atoms with Crippen LogP contribution in [0.1, 0.15) is 60.0 Å². The molecular weight excluding hydrogens is 404 g/mol. The summed E-state index contributed by atoms with van der Waals surface area (Å²) in [5.41, 5.74) is 8.16. The zero-order valence-electron chi connectivity index (χ0n) is 17.0. The van der Waals surface area contributed by atoms with Gasteiger partial charge in [0.15, 0.2) is 0 Å². The zero-order valence-corrected chi connectivity index (χ0v) is 18.6. The Balaban J connectivity index is 1.82. The molecule has 0 saturated heterocycles. The van der Waals surface area contributed by atoms with Crippen molar-refractivity contribution in [3.63, 3.8) is 0 Å². The highest BCUT2D eigenvalue weighted by Crippen LogP contribution is 2.45. The van der Waals surface area contributed by atoms with Gasteiger partial charge in [-0.1, -0.05) is 57.0 Å². The molecule has 2 amide bonds. The van der Waals surface area contributed by atoms with E-state index in [-0.39, 0.29) is 11.3 Å². The molecule has 154 valence electrons. The fourth-order valence-corrected chi connectivity index (χ4v) is 5.35. The second kappa shape index (κ2) is 8.72. The van der Waals surface area contributed by atoms with E-state index in [1.165, 1.54) is 22.3 Å². The Morgan fingerprint density at radius 2 is 2.07 bits per heavy atom. The molecule has 1 aliphatic carbocycles. The molecule has 0 aliphatic heterocycles. The van der Waals surface area contributed by atoms with Crippen molar-refractivity contribution in [3.05, 3.63) is 56.9 Å². The monoisotopic (exact) mass is 430 g/mol. The van der Waals surface area contributed by atoms with Crippen molar-refractivity contribution in [2.45, 2.75) is 46.5 Å². The Bertz CT molecular complexity index is 962. The number of carbonyl (C=O) groups excluding carboxylic acids is 2. The molecule has 1 unspecified atom stereocenters. The van der Waals surface area contributed by atoms with Crippen LogP contribution in [0.4, 0.5) is 5.00 Å². The van der Waals surface area contributed by atoms with Crippen molar-refractivity contribution >= 4 is 45.8 Å². The van der Waals surface area contributed by atoms with E-state index in [1.807, 2.05) is 18.2 Å². The molecule has 0 saturated carbocycles. The lowest BCUT2D eigenvalue weighted by atomic mass is 9.69. The summed E-state index contributed by atoms with van der Waals surface area (Å²) in [7, 11) is 0. The third-order valence-corrected chi connectivity index (χ3v) is 7.60. The van der Waals surface area contributed by atoms with Crippen molar-refractivity contribution in [1.29, 1.82) is 0 Å². The standard InChI is InChI=1S/C23H27ClN2O2S/c1-4-23(2,3)15-10-11-16-18(13-15)29-22(20(16)21(25)28)26-19(27)12-9-14-7-5-6-8-17(14)24/h5-9,12,15H,4,10-11,13H2,1-3H3,(H2,25,28)(H,26,27). The number of halogens is 1. The number of amides is 2. The normalized spacial score (nSPS) is 16.6. The molecule has 29 heavy (non-hydrogen) atoms. The Morgan fingerprint density at radius 3 is 2.72 bits per heavy atom. The molecule has 0 radical (unpaired) electrons. The third kappa shape index (κ3) is 4.73. The number of anilines is 1. The molecular formula is C23H27ClN2O2S. The van der Waals surface area contributed by atoms with Gasteiger partial charge in [0.25, 0.3) is 5.91 Å². The van der Waals surface area contributed by atoms with E-state index in [0.29, 0.717) is 21.5 Å². The number of carbonyl (C=O) groups is 2. The van der Waals surface area contributed by atoms with Gasteiger partial charge in [-0.05, 0) is 53.9 Å². The Kier molecular flexibility index (Phi) is 6.49. The largest absolute Gasteiger partial charge is 0.365 e. The summed E-state index contributed by atoms with van der Waals surface area (Å²) in [4.78, 5) is 25.8. The summed E-state index contributed by atoms with van der Waals surface area (Å²) in [6.45, 7) is 6.82. The molecule has 3 rings (SSSR count). The fourth-order valence-electron chi connectivity index (χ4n) is 3.82. The number of hydrogen-bond donors (Lipinski definition) is 2. The van der Waals surface area contributed by atoms with Crippen molar-refractivity contribution in [3.8, 4) is 0 Å². The van der Waals surface area contributed by atoms with Crippen LogP contribution in [0.25, 0.3) is 6.08 Å². The van der Waals surface area contributed by atoms with Crippen molar-refractivity contribution in [2.75, 3.05) is 5.32 Å². The first-order chi connectivity index (χ1) is 13.7. The number of rotatable bonds is 6. The number of nitrogens with two attached hydrogens (primary N) is 1. The number of nitrogens with one attached hydrogen (secondary N) is 1. The average Bonchev–Trinajstić information content (AvgIpc) is 3.04. The van der Waals surface area contributed by atoms with Gasteiger partial charge >= 0.3 is 0 Å². The number of primary amides is 1. The maximum absolute atomic E-state index is 12.5. The van der Waals surface area contributed by atoms with Crippen LogP contribution in [0.15, 0.2) is 30.3 Å². The molecule has 4 nitrogen and oxygen atoms in total. The summed E-state index contributed by atoms with van der Waals surface area (Å²) in [5.74, 6) is -0.236. The van der Waals surface area contributed by atoms with Crippen LogP contribution >= 0.6 is 22.9 Å². The predicted molar refractivity (Wildman–Crippen MR) is 122 cm³/mol. The first-order valence-corrected chi connectivity index (χ1v) is 11.1. The second-order valence-corrected chi connectivity index (χ2v) is 9.71. The summed E-state index contributed by atoms with van der Waals surface area (Å²) in [6, 6.07) is 7.30. The number of thiophene rings is 1. The van der Waals surface area contributed by atoms with E-state index in [9.17, 15) is 9.59 Å². The van der Waals surface area contributed by atoms with E-state index >= 15 is 0 Å². The minimum atomic E-state index is -0.485. The first kappa shape index (κ1) is 21.6. The maximum Gasteiger partial charge on any atom is 0.251 e. The molecule has 1 aliphatic rings. The SMILES string of the molecule is CCC(C)(C)C1CCc2c(sc(NC(=O)C=Cc3ccccc3Cl)c2C(N)=O)C1. The van der Waals surface area contributed by atoms with Crippen LogP contribution in [0, 0.1) is 11.3 Å². The second-order valence-electron chi connectivity index (χ2n) is 8.20. The van der Waals surface area contributed by atoms with Gasteiger partial charge in [-0.25, -0.2) is 0 Å². The lowest BCUT2D eigenvalue weighted by molar-refractivity contribution is -0.111. The number of fused-ring (bicyclic) bond motifs is 1. The van der Waals surface area contributed by atoms with Gasteiger partial charge < -0.3 is 11.1 Å². The first-order valence-electron chi connectivity index (χ1n) is 9.91. The molecule has 0 fully saturated rings. The molecule has 1 aromatic heterocycles. The molecule has 2 aromatic rings. The molecule has 6 heteroatoms. The van der Waals surface area contributed by atoms with Gasteiger partial charge in [0.05, 0.1) is 5.56 Å². The highest BCUT2D eigenvalue weighted by molar-refractivity contribution is 7.17. The highest BCUT2D eigenvalue weighted by Gasteiger charge is 2.34. The van der Waals surface area contributed by atoms with Crippen molar-refractivity contribution < 1.29 is 9.59 Å². The van der Waals surface area contributed by atoms with E-state index in [4.69, 9.17) is 17.3 Å². The number of hydrogen-bond acceptors (Lipinski definition) is 3. The van der Waals surface area contributed by atoms with E-state index in [0.717, 1.165) is 36.8 Å². The van der Waals surface area contributed by atoms with Crippen LogP contribution in [0.3, 0.4) is 0 Å². The van der Waals surface area contributed by atoms with Crippen molar-refractivity contribution in [2.24, 2.45) is 17.1 Å². The molecule has 0 spiro atoms. The van der Waals surface area contributed by atoms with Crippen LogP contribution in [-0.4, -0.2) is 11.8 Å². The Morgan fingerprint density at radius 1 is 1.34 bits per heavy atom. The summed E-state index contributed by atoms with van der Waals surface area (Å²) >= 11 is 7.60. The maximum atomic E-state index is 12.5. The summed E-state index contributed by atoms with van der Waals surface area (Å²) < 4.78 is 0. The molecule has 1 heterocycles. The van der Waals surface area contributed by atoms with Crippen LogP contribution in [-0.2, 0) is 17.6 Å². The van der Waals surface area contributed by atoms with Crippen LogP contribution < -0.4 is 11.1 Å². The average molecular weight is 431 g/mol. The zero-order chi connectivity index (χ0) is 21.2. The van der Waals surface area contributed by atoms with Gasteiger partial charge in [0, 0.05) is 16.0 Å². The summed E-state index contributed by atoms with van der Waals surface area (Å²) in [5, 5.41) is 3.98. The quantitative estimate of drug-likeness (QED) is 0.577. The Hall–Kier alpha value is -2.11. The van der Waals surface area contributed by atoms with E-state index in [2.05, 4.69) is 26.1 Å². The van der Waals surface area contributed by atoms with Gasteiger partial charge in [0.2, 0.25) is 5.91 Å². The lowest BCUT2D eigenvalue weighted by Gasteiger charge is -2.36. The predicted octanol–water partition coefficient (Wildman–Crippen LogP) is 5.69. The van der Waals surface area contributed by atoms with Crippen molar-refractivity contribution in [1.82, 2.24) is 0 Å². The molecule has 0 bridgehead atoms. The number of benzene rings is 1.